The number of amides is 1. The number of halogens is 2. The molecular weight excluding hydrogens is 287 g/mol. The van der Waals surface area contributed by atoms with Gasteiger partial charge in [0, 0.05) is 18.7 Å². The van der Waals surface area contributed by atoms with Crippen LogP contribution in [0.15, 0.2) is 12.1 Å². The van der Waals surface area contributed by atoms with Crippen molar-refractivity contribution in [1.29, 1.82) is 0 Å². The molecule has 0 fully saturated rings. The number of carbonyl (C=O) groups is 1. The predicted octanol–water partition coefficient (Wildman–Crippen LogP) is 2.81. The molecule has 3 N–H and O–H groups in total. The fourth-order valence-electron chi connectivity index (χ4n) is 1.70. The molecule has 0 atom stereocenters. The van der Waals surface area contributed by atoms with Gasteiger partial charge in [0.2, 0.25) is 0 Å². The summed E-state index contributed by atoms with van der Waals surface area (Å²) in [4.78, 5) is 13.9. The highest BCUT2D eigenvalue weighted by molar-refractivity contribution is 6.43. The molecule has 0 aliphatic carbocycles. The average molecular weight is 305 g/mol. The van der Waals surface area contributed by atoms with Crippen LogP contribution >= 0.6 is 23.2 Å². The number of hydrogen-bond donors (Lipinski definition) is 2. The first-order chi connectivity index (χ1) is 9.01. The molecule has 1 amide bonds. The third kappa shape index (κ3) is 4.27. The van der Waals surface area contributed by atoms with E-state index in [2.05, 4.69) is 0 Å². The molecule has 6 heteroatoms. The number of rotatable bonds is 6. The van der Waals surface area contributed by atoms with E-state index in [4.69, 9.17) is 34.0 Å². The lowest BCUT2D eigenvalue weighted by atomic mass is 10.1. The number of unbranched alkanes of at least 4 members (excludes halogenated alkanes) is 1. The molecule has 0 saturated heterocycles. The molecule has 0 spiro atoms. The number of nitrogen functional groups attached to an aromatic ring is 1. The minimum Gasteiger partial charge on any atom is -0.397 e. The summed E-state index contributed by atoms with van der Waals surface area (Å²) in [6, 6.07) is 3.01. The van der Waals surface area contributed by atoms with Crippen molar-refractivity contribution < 1.29 is 9.90 Å². The maximum atomic E-state index is 12.3. The van der Waals surface area contributed by atoms with Crippen molar-refractivity contribution in [3.8, 4) is 0 Å². The summed E-state index contributed by atoms with van der Waals surface area (Å²) in [6.07, 6.45) is 1.85. The van der Waals surface area contributed by atoms with Gasteiger partial charge in [-0.15, -0.1) is 0 Å². The number of anilines is 1. The van der Waals surface area contributed by atoms with Gasteiger partial charge in [-0.25, -0.2) is 0 Å². The third-order valence-corrected chi connectivity index (χ3v) is 3.56. The SMILES string of the molecule is CCCCN(CCO)C(=O)c1cc(N)c(Cl)c(Cl)c1. The van der Waals surface area contributed by atoms with Crippen LogP contribution in [-0.4, -0.2) is 35.6 Å². The standard InChI is InChI=1S/C13H18Cl2N2O2/c1-2-3-4-17(5-6-18)13(19)9-7-10(14)12(15)11(16)8-9/h7-8,18H,2-6,16H2,1H3. The summed E-state index contributed by atoms with van der Waals surface area (Å²) in [5.74, 6) is -0.201. The van der Waals surface area contributed by atoms with Crippen molar-refractivity contribution in [3.05, 3.63) is 27.7 Å². The molecule has 0 heterocycles. The normalized spacial score (nSPS) is 10.5. The summed E-state index contributed by atoms with van der Waals surface area (Å²) in [7, 11) is 0. The van der Waals surface area contributed by atoms with Gasteiger partial charge < -0.3 is 15.7 Å². The minimum atomic E-state index is -0.201. The zero-order chi connectivity index (χ0) is 14.4. The Morgan fingerprint density at radius 1 is 1.37 bits per heavy atom. The zero-order valence-corrected chi connectivity index (χ0v) is 12.3. The highest BCUT2D eigenvalue weighted by Crippen LogP contribution is 2.29. The van der Waals surface area contributed by atoms with Crippen LogP contribution in [-0.2, 0) is 0 Å². The molecule has 1 rings (SSSR count). The third-order valence-electron chi connectivity index (χ3n) is 2.74. The molecular formula is C13H18Cl2N2O2. The minimum absolute atomic E-state index is 0.0771. The maximum Gasteiger partial charge on any atom is 0.254 e. The van der Waals surface area contributed by atoms with E-state index < -0.39 is 0 Å². The van der Waals surface area contributed by atoms with Crippen LogP contribution in [0.3, 0.4) is 0 Å². The van der Waals surface area contributed by atoms with Crippen molar-refractivity contribution in [3.63, 3.8) is 0 Å². The highest BCUT2D eigenvalue weighted by atomic mass is 35.5. The molecule has 0 radical (unpaired) electrons. The first kappa shape index (κ1) is 16.1. The van der Waals surface area contributed by atoms with Crippen molar-refractivity contribution in [2.45, 2.75) is 19.8 Å². The Balaban J connectivity index is 2.95. The van der Waals surface area contributed by atoms with Gasteiger partial charge in [0.05, 0.1) is 22.3 Å². The number of carbonyl (C=O) groups excluding carboxylic acids is 1. The van der Waals surface area contributed by atoms with Crippen LogP contribution < -0.4 is 5.73 Å². The summed E-state index contributed by atoms with van der Waals surface area (Å²) in [6.45, 7) is 2.85. The summed E-state index contributed by atoms with van der Waals surface area (Å²) < 4.78 is 0. The fourth-order valence-corrected chi connectivity index (χ4v) is 2.04. The Hall–Kier alpha value is -0.970. The molecule has 19 heavy (non-hydrogen) atoms. The van der Waals surface area contributed by atoms with Crippen LogP contribution in [0.5, 0.6) is 0 Å². The number of benzene rings is 1. The Bertz CT molecular complexity index is 429. The monoisotopic (exact) mass is 304 g/mol. The molecule has 4 nitrogen and oxygen atoms in total. The van der Waals surface area contributed by atoms with E-state index in [9.17, 15) is 4.79 Å². The quantitative estimate of drug-likeness (QED) is 0.794. The first-order valence-corrected chi connectivity index (χ1v) is 6.91. The Morgan fingerprint density at radius 2 is 2.05 bits per heavy atom. The predicted molar refractivity (Wildman–Crippen MR) is 78.8 cm³/mol. The maximum absolute atomic E-state index is 12.3. The molecule has 1 aromatic carbocycles. The van der Waals surface area contributed by atoms with Crippen molar-refractivity contribution in [1.82, 2.24) is 4.90 Å². The molecule has 0 saturated carbocycles. The largest absolute Gasteiger partial charge is 0.397 e. The second-order valence-corrected chi connectivity index (χ2v) is 5.02. The molecule has 0 aliphatic heterocycles. The Labute approximate surface area is 123 Å². The van der Waals surface area contributed by atoms with Gasteiger partial charge in [-0.05, 0) is 18.6 Å². The van der Waals surface area contributed by atoms with Crippen molar-refractivity contribution in [2.24, 2.45) is 0 Å². The number of hydrogen-bond acceptors (Lipinski definition) is 3. The lowest BCUT2D eigenvalue weighted by Crippen LogP contribution is -2.34. The van der Waals surface area contributed by atoms with Gasteiger partial charge in [-0.3, -0.25) is 4.79 Å². The van der Waals surface area contributed by atoms with Crippen LogP contribution in [0.2, 0.25) is 10.0 Å². The van der Waals surface area contributed by atoms with Crippen LogP contribution in [0.4, 0.5) is 5.69 Å². The first-order valence-electron chi connectivity index (χ1n) is 6.15. The van der Waals surface area contributed by atoms with Gasteiger partial charge in [0.1, 0.15) is 0 Å². The molecule has 0 bridgehead atoms. The second-order valence-electron chi connectivity index (χ2n) is 4.23. The molecule has 1 aromatic rings. The van der Waals surface area contributed by atoms with Gasteiger partial charge in [0.25, 0.3) is 5.91 Å². The number of nitrogens with zero attached hydrogens (tertiary/aromatic N) is 1. The van der Waals surface area contributed by atoms with Crippen molar-refractivity contribution >= 4 is 34.8 Å². The van der Waals surface area contributed by atoms with E-state index in [1.165, 1.54) is 12.1 Å². The van der Waals surface area contributed by atoms with Crippen LogP contribution in [0.25, 0.3) is 0 Å². The van der Waals surface area contributed by atoms with Gasteiger partial charge in [-0.2, -0.15) is 0 Å². The van der Waals surface area contributed by atoms with E-state index >= 15 is 0 Å². The summed E-state index contributed by atoms with van der Waals surface area (Å²) in [5, 5.41) is 9.52. The van der Waals surface area contributed by atoms with Gasteiger partial charge in [0.15, 0.2) is 0 Å². The summed E-state index contributed by atoms with van der Waals surface area (Å²) in [5.41, 5.74) is 6.36. The molecule has 106 valence electrons. The number of aliphatic hydroxyl groups is 1. The second kappa shape index (κ2) is 7.58. The lowest BCUT2D eigenvalue weighted by molar-refractivity contribution is 0.0719. The van der Waals surface area contributed by atoms with E-state index in [0.717, 1.165) is 12.8 Å². The number of nitrogens with two attached hydrogens (primary N) is 1. The molecule has 0 aliphatic rings. The zero-order valence-electron chi connectivity index (χ0n) is 10.8. The molecule has 0 aromatic heterocycles. The average Bonchev–Trinajstić information content (AvgIpc) is 2.39. The summed E-state index contributed by atoms with van der Waals surface area (Å²) >= 11 is 11.8. The fraction of sp³-hybridized carbons (Fsp3) is 0.462. The topological polar surface area (TPSA) is 66.6 Å². The van der Waals surface area contributed by atoms with Crippen LogP contribution in [0, 0.1) is 0 Å². The van der Waals surface area contributed by atoms with E-state index in [1.807, 2.05) is 6.92 Å². The van der Waals surface area contributed by atoms with E-state index in [1.54, 1.807) is 4.90 Å². The smallest absolute Gasteiger partial charge is 0.254 e. The van der Waals surface area contributed by atoms with E-state index in [-0.39, 0.29) is 28.2 Å². The lowest BCUT2D eigenvalue weighted by Gasteiger charge is -2.22. The van der Waals surface area contributed by atoms with E-state index in [0.29, 0.717) is 18.7 Å². The van der Waals surface area contributed by atoms with Gasteiger partial charge in [-0.1, -0.05) is 36.5 Å². The van der Waals surface area contributed by atoms with Gasteiger partial charge >= 0.3 is 0 Å². The highest BCUT2D eigenvalue weighted by Gasteiger charge is 2.17. The van der Waals surface area contributed by atoms with Crippen LogP contribution in [0.1, 0.15) is 30.1 Å². The Kier molecular flexibility index (Phi) is 6.42. The number of aliphatic hydroxyl groups excluding tert-OH is 1. The molecule has 0 unspecified atom stereocenters. The van der Waals surface area contributed by atoms with Crippen molar-refractivity contribution in [2.75, 3.05) is 25.4 Å². The Morgan fingerprint density at radius 3 is 2.58 bits per heavy atom.